The van der Waals surface area contributed by atoms with E-state index < -0.39 is 0 Å². The van der Waals surface area contributed by atoms with Crippen molar-refractivity contribution in [2.24, 2.45) is 0 Å². The van der Waals surface area contributed by atoms with E-state index >= 15 is 0 Å². The van der Waals surface area contributed by atoms with E-state index in [0.717, 1.165) is 38.0 Å². The molecule has 1 heterocycles. The quantitative estimate of drug-likeness (QED) is 0.463. The molecule has 0 bridgehead atoms. The van der Waals surface area contributed by atoms with Crippen LogP contribution in [0.5, 0.6) is 0 Å². The van der Waals surface area contributed by atoms with Crippen LogP contribution in [0.15, 0.2) is 35.5 Å². The van der Waals surface area contributed by atoms with Crippen molar-refractivity contribution in [3.63, 3.8) is 0 Å². The molecule has 1 amide bonds. The van der Waals surface area contributed by atoms with Crippen LogP contribution in [0.1, 0.15) is 33.6 Å². The summed E-state index contributed by atoms with van der Waals surface area (Å²) in [5.41, 5.74) is 2.20. The smallest absolute Gasteiger partial charge is 0.247 e. The molecule has 116 valence electrons. The van der Waals surface area contributed by atoms with Crippen LogP contribution in [0.2, 0.25) is 0 Å². The second-order valence-corrected chi connectivity index (χ2v) is 4.86. The largest absolute Gasteiger partial charge is 0.349 e. The maximum atomic E-state index is 11.5. The molecule has 0 saturated carbocycles. The highest BCUT2D eigenvalue weighted by Gasteiger charge is 2.16. The Hall–Kier alpha value is -1.79. The van der Waals surface area contributed by atoms with Crippen molar-refractivity contribution in [1.82, 2.24) is 10.2 Å². The van der Waals surface area contributed by atoms with Gasteiger partial charge in [0.15, 0.2) is 0 Å². The SMILES string of the molecule is C#C.C/C=C\CN(C/C=C1/CNC(=O)/C(=C/C)C1)CCC. The molecule has 3 heteroatoms. The number of nitrogens with zero attached hydrogens (tertiary/aromatic N) is 1. The molecule has 0 aromatic carbocycles. The molecule has 1 fully saturated rings. The molecule has 1 rings (SSSR count). The van der Waals surface area contributed by atoms with Gasteiger partial charge in [0.2, 0.25) is 5.91 Å². The number of hydrogen-bond acceptors (Lipinski definition) is 2. The van der Waals surface area contributed by atoms with Crippen molar-refractivity contribution >= 4 is 5.91 Å². The van der Waals surface area contributed by atoms with Crippen molar-refractivity contribution in [2.75, 3.05) is 26.2 Å². The summed E-state index contributed by atoms with van der Waals surface area (Å²) < 4.78 is 0. The zero-order valence-corrected chi connectivity index (χ0v) is 13.6. The van der Waals surface area contributed by atoms with E-state index in [1.807, 2.05) is 13.0 Å². The Kier molecular flexibility index (Phi) is 11.0. The van der Waals surface area contributed by atoms with Crippen molar-refractivity contribution in [3.8, 4) is 12.8 Å². The normalized spacial score (nSPS) is 18.9. The summed E-state index contributed by atoms with van der Waals surface area (Å²) >= 11 is 0. The molecule has 21 heavy (non-hydrogen) atoms. The third-order valence-electron chi connectivity index (χ3n) is 3.31. The molecule has 0 aromatic rings. The molecule has 1 saturated heterocycles. The summed E-state index contributed by atoms with van der Waals surface area (Å²) in [6, 6.07) is 0. The van der Waals surface area contributed by atoms with Gasteiger partial charge >= 0.3 is 0 Å². The second kappa shape index (κ2) is 12.0. The summed E-state index contributed by atoms with van der Waals surface area (Å²) in [7, 11) is 0. The Morgan fingerprint density at radius 2 is 2.00 bits per heavy atom. The van der Waals surface area contributed by atoms with Gasteiger partial charge < -0.3 is 5.32 Å². The summed E-state index contributed by atoms with van der Waals surface area (Å²) in [4.78, 5) is 13.9. The average Bonchev–Trinajstić information content (AvgIpc) is 2.53. The maximum absolute atomic E-state index is 11.5. The Morgan fingerprint density at radius 3 is 2.57 bits per heavy atom. The van der Waals surface area contributed by atoms with Gasteiger partial charge in [0.05, 0.1) is 0 Å². The number of amides is 1. The van der Waals surface area contributed by atoms with Crippen molar-refractivity contribution in [2.45, 2.75) is 33.6 Å². The molecule has 0 spiro atoms. The summed E-state index contributed by atoms with van der Waals surface area (Å²) in [5.74, 6) is 0.0824. The van der Waals surface area contributed by atoms with Gasteiger partial charge in [-0.1, -0.05) is 31.2 Å². The highest BCUT2D eigenvalue weighted by molar-refractivity contribution is 5.95. The number of carbonyl (C=O) groups is 1. The van der Waals surface area contributed by atoms with E-state index in [1.54, 1.807) is 0 Å². The predicted octanol–water partition coefficient (Wildman–Crippen LogP) is 2.92. The third kappa shape index (κ3) is 7.53. The number of piperidine rings is 1. The summed E-state index contributed by atoms with van der Waals surface area (Å²) in [6.07, 6.45) is 18.4. The van der Waals surface area contributed by atoms with E-state index in [-0.39, 0.29) is 5.91 Å². The molecule has 0 atom stereocenters. The minimum atomic E-state index is 0.0824. The van der Waals surface area contributed by atoms with Crippen LogP contribution in [0.25, 0.3) is 0 Å². The number of hydrogen-bond donors (Lipinski definition) is 1. The van der Waals surface area contributed by atoms with Gasteiger partial charge in [-0.2, -0.15) is 0 Å². The van der Waals surface area contributed by atoms with Crippen molar-refractivity contribution in [3.05, 3.63) is 35.5 Å². The average molecular weight is 288 g/mol. The Balaban J connectivity index is 0.00000191. The number of rotatable bonds is 6. The zero-order valence-electron chi connectivity index (χ0n) is 13.6. The number of terminal acetylenes is 1. The van der Waals surface area contributed by atoms with Gasteiger partial charge in [0.25, 0.3) is 0 Å². The fourth-order valence-electron chi connectivity index (χ4n) is 2.16. The monoisotopic (exact) mass is 288 g/mol. The zero-order chi connectivity index (χ0) is 16.1. The van der Waals surface area contributed by atoms with Crippen LogP contribution in [-0.2, 0) is 4.79 Å². The molecule has 0 unspecified atom stereocenters. The second-order valence-electron chi connectivity index (χ2n) is 4.86. The van der Waals surface area contributed by atoms with Gasteiger partial charge in [-0.25, -0.2) is 0 Å². The third-order valence-corrected chi connectivity index (χ3v) is 3.31. The number of nitrogens with one attached hydrogen (secondary N) is 1. The van der Waals surface area contributed by atoms with Crippen LogP contribution in [0, 0.1) is 12.8 Å². The fraction of sp³-hybridized carbons (Fsp3) is 0.500. The van der Waals surface area contributed by atoms with E-state index in [9.17, 15) is 4.79 Å². The standard InChI is InChI=1S/C16H26N2O.C2H2/c1-4-7-10-18(9-5-2)11-8-14-12-15(6-3)16(19)17-13-14;1-2/h4,6-8H,5,9-13H2,1-3H3,(H,17,19);1-2H/b7-4-,14-8+,15-6+;. The topological polar surface area (TPSA) is 32.3 Å². The summed E-state index contributed by atoms with van der Waals surface area (Å²) in [6.45, 7) is 9.94. The van der Waals surface area contributed by atoms with Gasteiger partial charge in [-0.3, -0.25) is 9.69 Å². The lowest BCUT2D eigenvalue weighted by Gasteiger charge is -2.21. The lowest BCUT2D eigenvalue weighted by Crippen LogP contribution is -2.33. The first-order valence-corrected chi connectivity index (χ1v) is 7.49. The Morgan fingerprint density at radius 1 is 1.29 bits per heavy atom. The molecular weight excluding hydrogens is 260 g/mol. The van der Waals surface area contributed by atoms with Crippen LogP contribution >= 0.6 is 0 Å². The maximum Gasteiger partial charge on any atom is 0.247 e. The van der Waals surface area contributed by atoms with E-state index in [0.29, 0.717) is 6.54 Å². The minimum absolute atomic E-state index is 0.0824. The number of carbonyl (C=O) groups excluding carboxylic acids is 1. The summed E-state index contributed by atoms with van der Waals surface area (Å²) in [5, 5.41) is 2.92. The van der Waals surface area contributed by atoms with E-state index in [2.05, 4.69) is 55.1 Å². The van der Waals surface area contributed by atoms with Crippen LogP contribution < -0.4 is 5.32 Å². The first kappa shape index (κ1) is 19.2. The van der Waals surface area contributed by atoms with Crippen molar-refractivity contribution in [1.29, 1.82) is 0 Å². The van der Waals surface area contributed by atoms with Gasteiger partial charge in [-0.15, -0.1) is 12.8 Å². The minimum Gasteiger partial charge on any atom is -0.349 e. The molecule has 0 aliphatic carbocycles. The van der Waals surface area contributed by atoms with Crippen LogP contribution in [0.3, 0.4) is 0 Å². The fourth-order valence-corrected chi connectivity index (χ4v) is 2.16. The van der Waals surface area contributed by atoms with Crippen molar-refractivity contribution < 1.29 is 4.79 Å². The van der Waals surface area contributed by atoms with E-state index in [4.69, 9.17) is 0 Å². The predicted molar refractivity (Wildman–Crippen MR) is 90.9 cm³/mol. The molecule has 0 aromatic heterocycles. The molecule has 3 nitrogen and oxygen atoms in total. The Bertz CT molecular complexity index is 416. The molecule has 1 aliphatic rings. The number of allylic oxidation sites excluding steroid dienone is 2. The van der Waals surface area contributed by atoms with Crippen LogP contribution in [-0.4, -0.2) is 37.0 Å². The molecule has 1 aliphatic heterocycles. The van der Waals surface area contributed by atoms with Gasteiger partial charge in [-0.05, 0) is 32.4 Å². The molecular formula is C18H28N2O. The van der Waals surface area contributed by atoms with Crippen LogP contribution in [0.4, 0.5) is 0 Å². The lowest BCUT2D eigenvalue weighted by atomic mass is 10.00. The first-order chi connectivity index (χ1) is 10.2. The lowest BCUT2D eigenvalue weighted by molar-refractivity contribution is -0.117. The highest BCUT2D eigenvalue weighted by atomic mass is 16.1. The highest BCUT2D eigenvalue weighted by Crippen LogP contribution is 2.15. The van der Waals surface area contributed by atoms with E-state index in [1.165, 1.54) is 5.57 Å². The Labute approximate surface area is 129 Å². The molecule has 0 radical (unpaired) electrons. The van der Waals surface area contributed by atoms with Gasteiger partial charge in [0.1, 0.15) is 0 Å². The first-order valence-electron chi connectivity index (χ1n) is 7.49. The van der Waals surface area contributed by atoms with Gasteiger partial charge in [0, 0.05) is 31.6 Å². The molecule has 1 N–H and O–H groups in total.